The van der Waals surface area contributed by atoms with Crippen molar-refractivity contribution in [3.8, 4) is 0 Å². The Hall–Kier alpha value is -1.06. The maximum atomic E-state index is 10.8. The Morgan fingerprint density at radius 3 is 3.10 bits per heavy atom. The molecule has 1 N–H and O–H groups in total. The van der Waals surface area contributed by atoms with E-state index in [-0.39, 0.29) is 5.91 Å². The molecule has 55 valence electrons. The van der Waals surface area contributed by atoms with Crippen LogP contribution in [-0.4, -0.2) is 18.2 Å². The maximum absolute atomic E-state index is 10.8. The summed E-state index contributed by atoms with van der Waals surface area (Å²) in [5, 5.41) is 6.10. The number of nitrogens with one attached hydrogen (secondary N) is 1. The number of piperidine rings is 1. The molecule has 1 saturated heterocycles. The van der Waals surface area contributed by atoms with Crippen LogP contribution in [0.15, 0.2) is 5.16 Å². The smallest absolute Gasteiger partial charge is 0.269 e. The molecule has 1 amide bonds. The Bertz CT molecular complexity index is 165. The van der Waals surface area contributed by atoms with E-state index in [1.54, 1.807) is 0 Å². The van der Waals surface area contributed by atoms with Gasteiger partial charge in [-0.25, -0.2) is 0 Å². The predicted octanol–water partition coefficient (Wildman–Crippen LogP) is 0.0606. The van der Waals surface area contributed by atoms with Crippen LogP contribution < -0.4 is 5.32 Å². The van der Waals surface area contributed by atoms with Crippen LogP contribution in [0.3, 0.4) is 0 Å². The average Bonchev–Trinajstić information content (AvgIpc) is 1.94. The van der Waals surface area contributed by atoms with E-state index in [2.05, 4.69) is 22.4 Å². The van der Waals surface area contributed by atoms with Gasteiger partial charge in [-0.15, -0.1) is 0 Å². The molecule has 0 aromatic carbocycles. The van der Waals surface area contributed by atoms with Crippen LogP contribution in [0.1, 0.15) is 12.8 Å². The van der Waals surface area contributed by atoms with E-state index < -0.39 is 0 Å². The first kappa shape index (κ1) is 7.05. The number of oxime groups is 1. The van der Waals surface area contributed by atoms with Crippen LogP contribution in [-0.2, 0) is 9.63 Å². The molecule has 0 bridgehead atoms. The summed E-state index contributed by atoms with van der Waals surface area (Å²) in [4.78, 5) is 15.1. The van der Waals surface area contributed by atoms with E-state index in [1.165, 1.54) is 0 Å². The summed E-state index contributed by atoms with van der Waals surface area (Å²) >= 11 is 0. The fraction of sp³-hybridized carbons (Fsp3) is 0.500. The third kappa shape index (κ3) is 1.46. The molecule has 0 saturated carbocycles. The van der Waals surface area contributed by atoms with Crippen molar-refractivity contribution in [1.82, 2.24) is 5.32 Å². The number of carbonyl (C=O) groups excluding carboxylic acids is 1. The minimum Gasteiger partial charge on any atom is -0.392 e. The second kappa shape index (κ2) is 3.20. The van der Waals surface area contributed by atoms with Gasteiger partial charge in [0.25, 0.3) is 5.91 Å². The fourth-order valence-electron chi connectivity index (χ4n) is 0.838. The highest BCUT2D eigenvalue weighted by Gasteiger charge is 2.15. The standard InChI is InChI=1S/C6H9N2O2/c1-10-8-5-3-2-4-7-6(5)9/h1-4H2,(H,7,9)/b8-5+. The molecule has 1 aliphatic rings. The highest BCUT2D eigenvalue weighted by Crippen LogP contribution is 1.99. The highest BCUT2D eigenvalue weighted by molar-refractivity contribution is 6.39. The zero-order chi connectivity index (χ0) is 7.40. The van der Waals surface area contributed by atoms with Crippen LogP contribution in [0.4, 0.5) is 0 Å². The van der Waals surface area contributed by atoms with Crippen molar-refractivity contribution in [2.45, 2.75) is 12.8 Å². The number of nitrogens with zero attached hydrogens (tertiary/aromatic N) is 1. The van der Waals surface area contributed by atoms with Crippen LogP contribution >= 0.6 is 0 Å². The molecular weight excluding hydrogens is 132 g/mol. The molecule has 0 spiro atoms. The van der Waals surface area contributed by atoms with Gasteiger partial charge in [-0.2, -0.15) is 0 Å². The molecule has 1 radical (unpaired) electrons. The van der Waals surface area contributed by atoms with Crippen molar-refractivity contribution in [2.75, 3.05) is 6.54 Å². The normalized spacial score (nSPS) is 22.5. The lowest BCUT2D eigenvalue weighted by Gasteiger charge is -2.11. The summed E-state index contributed by atoms with van der Waals surface area (Å²) in [7, 11) is 3.05. The Morgan fingerprint density at radius 2 is 2.50 bits per heavy atom. The lowest BCUT2D eigenvalue weighted by atomic mass is 10.1. The van der Waals surface area contributed by atoms with Crippen molar-refractivity contribution in [3.05, 3.63) is 7.11 Å². The van der Waals surface area contributed by atoms with Crippen LogP contribution in [0.25, 0.3) is 0 Å². The monoisotopic (exact) mass is 141 g/mol. The minimum absolute atomic E-state index is 0.144. The number of hydrogen-bond acceptors (Lipinski definition) is 3. The Balaban J connectivity index is 2.56. The molecule has 0 atom stereocenters. The second-order valence-electron chi connectivity index (χ2n) is 2.03. The van der Waals surface area contributed by atoms with E-state index in [0.717, 1.165) is 13.0 Å². The van der Waals surface area contributed by atoms with Crippen LogP contribution in [0, 0.1) is 7.11 Å². The summed E-state index contributed by atoms with van der Waals surface area (Å²) in [5.41, 5.74) is 0.432. The van der Waals surface area contributed by atoms with E-state index >= 15 is 0 Å². The summed E-state index contributed by atoms with van der Waals surface area (Å²) in [5.74, 6) is -0.144. The fourth-order valence-corrected chi connectivity index (χ4v) is 0.838. The molecule has 1 fully saturated rings. The summed E-state index contributed by atoms with van der Waals surface area (Å²) in [6.45, 7) is 0.731. The van der Waals surface area contributed by atoms with E-state index in [1.807, 2.05) is 0 Å². The quantitative estimate of drug-likeness (QED) is 0.525. The number of carbonyl (C=O) groups is 1. The predicted molar refractivity (Wildman–Crippen MR) is 36.1 cm³/mol. The van der Waals surface area contributed by atoms with Gasteiger partial charge in [-0.05, 0) is 6.42 Å². The van der Waals surface area contributed by atoms with Crippen molar-refractivity contribution >= 4 is 11.6 Å². The molecular formula is C6H9N2O2. The van der Waals surface area contributed by atoms with Crippen LogP contribution in [0.5, 0.6) is 0 Å². The van der Waals surface area contributed by atoms with Crippen LogP contribution in [0.2, 0.25) is 0 Å². The molecule has 4 heteroatoms. The molecule has 4 nitrogen and oxygen atoms in total. The van der Waals surface area contributed by atoms with Gasteiger partial charge in [-0.1, -0.05) is 5.16 Å². The second-order valence-corrected chi connectivity index (χ2v) is 2.03. The van der Waals surface area contributed by atoms with Crippen molar-refractivity contribution in [1.29, 1.82) is 0 Å². The van der Waals surface area contributed by atoms with Gasteiger partial charge < -0.3 is 10.2 Å². The molecule has 0 unspecified atom stereocenters. The Morgan fingerprint density at radius 1 is 1.70 bits per heavy atom. The maximum Gasteiger partial charge on any atom is 0.269 e. The third-order valence-corrected chi connectivity index (χ3v) is 1.31. The van der Waals surface area contributed by atoms with Gasteiger partial charge in [0.05, 0.1) is 0 Å². The van der Waals surface area contributed by atoms with Crippen molar-refractivity contribution < 1.29 is 9.63 Å². The summed E-state index contributed by atoms with van der Waals surface area (Å²) < 4.78 is 0. The molecule has 10 heavy (non-hydrogen) atoms. The van der Waals surface area contributed by atoms with Crippen molar-refractivity contribution in [2.24, 2.45) is 5.16 Å². The first-order chi connectivity index (χ1) is 4.84. The number of hydrogen-bond donors (Lipinski definition) is 1. The topological polar surface area (TPSA) is 50.7 Å². The number of amides is 1. The summed E-state index contributed by atoms with van der Waals surface area (Å²) in [6.07, 6.45) is 1.61. The zero-order valence-corrected chi connectivity index (χ0v) is 5.59. The number of rotatable bonds is 1. The average molecular weight is 141 g/mol. The van der Waals surface area contributed by atoms with Gasteiger partial charge in [0, 0.05) is 13.0 Å². The lowest BCUT2D eigenvalue weighted by molar-refractivity contribution is -0.115. The third-order valence-electron chi connectivity index (χ3n) is 1.31. The summed E-state index contributed by atoms with van der Waals surface area (Å²) in [6, 6.07) is 0. The van der Waals surface area contributed by atoms with Gasteiger partial charge in [-0.3, -0.25) is 4.79 Å². The van der Waals surface area contributed by atoms with Crippen molar-refractivity contribution in [3.63, 3.8) is 0 Å². The van der Waals surface area contributed by atoms with Gasteiger partial charge in [0.2, 0.25) is 0 Å². The molecule has 0 aromatic rings. The van der Waals surface area contributed by atoms with Gasteiger partial charge >= 0.3 is 0 Å². The molecule has 0 aliphatic carbocycles. The lowest BCUT2D eigenvalue weighted by Crippen LogP contribution is -2.36. The van der Waals surface area contributed by atoms with E-state index in [4.69, 9.17) is 0 Å². The molecule has 1 heterocycles. The van der Waals surface area contributed by atoms with E-state index in [9.17, 15) is 4.79 Å². The minimum atomic E-state index is -0.144. The zero-order valence-electron chi connectivity index (χ0n) is 5.59. The SMILES string of the molecule is [CH2]O/N=C1\CCCNC1=O. The van der Waals surface area contributed by atoms with E-state index in [0.29, 0.717) is 12.1 Å². The Labute approximate surface area is 59.2 Å². The first-order valence-corrected chi connectivity index (χ1v) is 3.11. The molecule has 1 rings (SSSR count). The molecule has 0 aromatic heterocycles. The first-order valence-electron chi connectivity index (χ1n) is 3.11. The van der Waals surface area contributed by atoms with Gasteiger partial charge in [0.15, 0.2) is 7.11 Å². The highest BCUT2D eigenvalue weighted by atomic mass is 16.6. The Kier molecular flexibility index (Phi) is 2.25. The molecule has 1 aliphatic heterocycles. The van der Waals surface area contributed by atoms with Gasteiger partial charge in [0.1, 0.15) is 5.71 Å². The largest absolute Gasteiger partial charge is 0.392 e.